The van der Waals surface area contributed by atoms with E-state index in [4.69, 9.17) is 4.74 Å². The maximum absolute atomic E-state index is 14.5. The molecule has 8 heteroatoms. The molecule has 0 bridgehead atoms. The van der Waals surface area contributed by atoms with Gasteiger partial charge in [0.1, 0.15) is 28.7 Å². The zero-order chi connectivity index (χ0) is 20.0. The van der Waals surface area contributed by atoms with E-state index in [1.165, 1.54) is 12.1 Å². The van der Waals surface area contributed by atoms with E-state index in [2.05, 4.69) is 31.2 Å². The summed E-state index contributed by atoms with van der Waals surface area (Å²) in [6, 6.07) is 5.34. The number of ether oxygens (including phenoxy) is 1. The van der Waals surface area contributed by atoms with Crippen LogP contribution < -0.4 is 10.1 Å². The zero-order valence-electron chi connectivity index (χ0n) is 15.2. The maximum atomic E-state index is 14.5. The SMILES string of the molecule is Cc1nc(NC(C)c2cccc(C(F)F)c2F)c2cc(Br)c3c(c2n1)OCC3. The molecule has 1 aliphatic heterocycles. The van der Waals surface area contributed by atoms with Gasteiger partial charge in [-0.1, -0.05) is 34.1 Å². The number of alkyl halides is 2. The third-order valence-corrected chi connectivity index (χ3v) is 5.53. The van der Waals surface area contributed by atoms with Gasteiger partial charge in [0.15, 0.2) is 0 Å². The molecule has 1 N–H and O–H groups in total. The number of nitrogens with zero attached hydrogens (tertiary/aromatic N) is 2. The minimum Gasteiger partial charge on any atom is -0.491 e. The second-order valence-electron chi connectivity index (χ2n) is 6.70. The van der Waals surface area contributed by atoms with E-state index in [-0.39, 0.29) is 5.56 Å². The fourth-order valence-electron chi connectivity index (χ4n) is 3.46. The zero-order valence-corrected chi connectivity index (χ0v) is 16.8. The number of anilines is 1. The Morgan fingerprint density at radius 2 is 1.96 bits per heavy atom. The van der Waals surface area contributed by atoms with Gasteiger partial charge in [0.05, 0.1) is 18.2 Å². The molecule has 4 rings (SSSR count). The lowest BCUT2D eigenvalue weighted by atomic mass is 10.0. The summed E-state index contributed by atoms with van der Waals surface area (Å²) in [4.78, 5) is 8.97. The lowest BCUT2D eigenvalue weighted by Crippen LogP contribution is -2.12. The second kappa shape index (κ2) is 7.24. The van der Waals surface area contributed by atoms with Crippen LogP contribution >= 0.6 is 15.9 Å². The summed E-state index contributed by atoms with van der Waals surface area (Å²) in [5.74, 6) is 0.842. The van der Waals surface area contributed by atoms with Crippen molar-refractivity contribution in [3.63, 3.8) is 0 Å². The Hall–Kier alpha value is -2.35. The first-order valence-corrected chi connectivity index (χ1v) is 9.61. The molecule has 4 nitrogen and oxygen atoms in total. The van der Waals surface area contributed by atoms with Gasteiger partial charge in [-0.3, -0.25) is 0 Å². The Morgan fingerprint density at radius 1 is 1.21 bits per heavy atom. The van der Waals surface area contributed by atoms with Crippen molar-refractivity contribution in [3.05, 3.63) is 57.1 Å². The number of rotatable bonds is 4. The second-order valence-corrected chi connectivity index (χ2v) is 7.55. The normalized spacial score (nSPS) is 14.2. The van der Waals surface area contributed by atoms with E-state index in [9.17, 15) is 13.2 Å². The predicted molar refractivity (Wildman–Crippen MR) is 105 cm³/mol. The molecule has 0 saturated heterocycles. The molecule has 0 saturated carbocycles. The highest BCUT2D eigenvalue weighted by molar-refractivity contribution is 9.10. The minimum atomic E-state index is -2.87. The molecule has 0 radical (unpaired) electrons. The van der Waals surface area contributed by atoms with Crippen LogP contribution in [0, 0.1) is 12.7 Å². The largest absolute Gasteiger partial charge is 0.491 e. The van der Waals surface area contributed by atoms with Gasteiger partial charge in [0.25, 0.3) is 6.43 Å². The number of hydrogen-bond acceptors (Lipinski definition) is 4. The van der Waals surface area contributed by atoms with Gasteiger partial charge in [-0.15, -0.1) is 0 Å². The monoisotopic (exact) mass is 451 g/mol. The number of hydrogen-bond donors (Lipinski definition) is 1. The van der Waals surface area contributed by atoms with Crippen molar-refractivity contribution in [3.8, 4) is 5.75 Å². The predicted octanol–water partition coefficient (Wildman–Crippen LogP) is 5.89. The molecule has 0 amide bonds. The summed E-state index contributed by atoms with van der Waals surface area (Å²) in [5, 5.41) is 3.87. The van der Waals surface area contributed by atoms with E-state index in [0.29, 0.717) is 23.8 Å². The molecular weight excluding hydrogens is 435 g/mol. The molecule has 146 valence electrons. The van der Waals surface area contributed by atoms with E-state index in [1.54, 1.807) is 13.8 Å². The van der Waals surface area contributed by atoms with Crippen LogP contribution in [0.2, 0.25) is 0 Å². The first-order chi connectivity index (χ1) is 13.4. The highest BCUT2D eigenvalue weighted by Crippen LogP contribution is 2.41. The van der Waals surface area contributed by atoms with Crippen LogP contribution in [0.15, 0.2) is 28.7 Å². The van der Waals surface area contributed by atoms with Crippen LogP contribution in [0.5, 0.6) is 5.75 Å². The molecule has 1 aromatic heterocycles. The Labute approximate surface area is 168 Å². The van der Waals surface area contributed by atoms with Crippen molar-refractivity contribution in [1.29, 1.82) is 0 Å². The first kappa shape index (κ1) is 19.0. The summed E-state index contributed by atoms with van der Waals surface area (Å²) >= 11 is 3.56. The first-order valence-electron chi connectivity index (χ1n) is 8.82. The summed E-state index contributed by atoms with van der Waals surface area (Å²) in [6.07, 6.45) is -2.08. The Morgan fingerprint density at radius 3 is 2.71 bits per heavy atom. The number of aryl methyl sites for hydroxylation is 1. The van der Waals surface area contributed by atoms with E-state index >= 15 is 0 Å². The topological polar surface area (TPSA) is 47.0 Å². The Kier molecular flexibility index (Phi) is 4.91. The van der Waals surface area contributed by atoms with Gasteiger partial charge in [-0.05, 0) is 19.9 Å². The van der Waals surface area contributed by atoms with Crippen LogP contribution in [0.4, 0.5) is 19.0 Å². The highest BCUT2D eigenvalue weighted by Gasteiger charge is 2.24. The third-order valence-electron chi connectivity index (χ3n) is 4.82. The molecule has 1 atom stereocenters. The summed E-state index contributed by atoms with van der Waals surface area (Å²) in [6.45, 7) is 4.05. The fourth-order valence-corrected chi connectivity index (χ4v) is 4.07. The number of nitrogens with one attached hydrogen (secondary N) is 1. The van der Waals surface area contributed by atoms with Crippen LogP contribution in [0.1, 0.15) is 41.9 Å². The number of fused-ring (bicyclic) bond motifs is 3. The van der Waals surface area contributed by atoms with Crippen molar-refractivity contribution < 1.29 is 17.9 Å². The van der Waals surface area contributed by atoms with Gasteiger partial charge < -0.3 is 10.1 Å². The van der Waals surface area contributed by atoms with Crippen molar-refractivity contribution in [1.82, 2.24) is 9.97 Å². The summed E-state index contributed by atoms with van der Waals surface area (Å²) in [5.41, 5.74) is 1.28. The van der Waals surface area contributed by atoms with Crippen LogP contribution in [0.3, 0.4) is 0 Å². The Balaban J connectivity index is 1.79. The highest BCUT2D eigenvalue weighted by atomic mass is 79.9. The van der Waals surface area contributed by atoms with E-state index in [1.807, 2.05) is 6.07 Å². The van der Waals surface area contributed by atoms with Crippen molar-refractivity contribution >= 4 is 32.7 Å². The molecule has 0 fully saturated rings. The molecule has 28 heavy (non-hydrogen) atoms. The molecule has 0 spiro atoms. The van der Waals surface area contributed by atoms with Crippen molar-refractivity contribution in [2.45, 2.75) is 32.7 Å². The third kappa shape index (κ3) is 3.19. The number of benzene rings is 2. The van der Waals surface area contributed by atoms with Gasteiger partial charge in [0.2, 0.25) is 0 Å². The average Bonchev–Trinajstić information content (AvgIpc) is 3.13. The van der Waals surface area contributed by atoms with Gasteiger partial charge >= 0.3 is 0 Å². The molecule has 2 aromatic carbocycles. The van der Waals surface area contributed by atoms with Gasteiger partial charge in [-0.2, -0.15) is 0 Å². The van der Waals surface area contributed by atoms with Crippen molar-refractivity contribution in [2.24, 2.45) is 0 Å². The number of aromatic nitrogens is 2. The molecule has 1 aliphatic rings. The molecule has 1 unspecified atom stereocenters. The summed E-state index contributed by atoms with van der Waals surface area (Å²) in [7, 11) is 0. The minimum absolute atomic E-state index is 0.152. The lowest BCUT2D eigenvalue weighted by Gasteiger charge is -2.19. The van der Waals surface area contributed by atoms with Crippen LogP contribution in [-0.2, 0) is 6.42 Å². The maximum Gasteiger partial charge on any atom is 0.266 e. The molecular formula is C20H17BrF3N3O. The van der Waals surface area contributed by atoms with Crippen LogP contribution in [-0.4, -0.2) is 16.6 Å². The molecule has 0 aliphatic carbocycles. The molecule has 2 heterocycles. The quantitative estimate of drug-likeness (QED) is 0.537. The lowest BCUT2D eigenvalue weighted by molar-refractivity contribution is 0.146. The van der Waals surface area contributed by atoms with E-state index in [0.717, 1.165) is 33.7 Å². The van der Waals surface area contributed by atoms with Gasteiger partial charge in [-0.25, -0.2) is 23.1 Å². The number of halogens is 4. The fraction of sp³-hybridized carbons (Fsp3) is 0.300. The Bertz CT molecular complexity index is 1070. The average molecular weight is 452 g/mol. The smallest absolute Gasteiger partial charge is 0.266 e. The van der Waals surface area contributed by atoms with E-state index < -0.39 is 23.8 Å². The molecule has 3 aromatic rings. The standard InChI is InChI=1S/C20H17BrF3N3O/c1-9(11-4-3-5-13(16(11)22)19(23)24)25-20-14-8-15(21)12-6-7-28-18(12)17(14)26-10(2)27-20/h3-5,8-9,19H,6-7H2,1-2H3,(H,25,26,27). The van der Waals surface area contributed by atoms with Crippen LogP contribution in [0.25, 0.3) is 10.9 Å². The van der Waals surface area contributed by atoms with Gasteiger partial charge in [0, 0.05) is 27.4 Å². The van der Waals surface area contributed by atoms with Crippen molar-refractivity contribution in [2.75, 3.05) is 11.9 Å². The summed E-state index contributed by atoms with van der Waals surface area (Å²) < 4.78 is 47.2.